The molecule has 0 spiro atoms. The molecule has 19 heavy (non-hydrogen) atoms. The van der Waals surface area contributed by atoms with Crippen molar-refractivity contribution in [2.24, 2.45) is 0 Å². The summed E-state index contributed by atoms with van der Waals surface area (Å²) in [6.07, 6.45) is -0.418. The van der Waals surface area contributed by atoms with Gasteiger partial charge in [0.25, 0.3) is 0 Å². The zero-order valence-corrected chi connectivity index (χ0v) is 11.6. The number of aliphatic hydroxyl groups excluding tert-OH is 1. The van der Waals surface area contributed by atoms with Crippen LogP contribution < -0.4 is 0 Å². The molecule has 0 aliphatic heterocycles. The molecule has 2 rings (SSSR count). The summed E-state index contributed by atoms with van der Waals surface area (Å²) in [6, 6.07) is 5.27. The molecule has 0 saturated heterocycles. The van der Waals surface area contributed by atoms with Crippen LogP contribution in [0.5, 0.6) is 0 Å². The van der Waals surface area contributed by atoms with Gasteiger partial charge < -0.3 is 9.84 Å². The lowest BCUT2D eigenvalue weighted by Gasteiger charge is -2.20. The lowest BCUT2D eigenvalue weighted by Crippen LogP contribution is -2.27. The van der Waals surface area contributed by atoms with Crippen LogP contribution in [0.4, 0.5) is 4.79 Å². The van der Waals surface area contributed by atoms with Gasteiger partial charge in [0.15, 0.2) is 0 Å². The van der Waals surface area contributed by atoms with Gasteiger partial charge in [-0.15, -0.1) is 0 Å². The second-order valence-corrected chi connectivity index (χ2v) is 5.47. The summed E-state index contributed by atoms with van der Waals surface area (Å²) in [5.74, 6) is 0. The van der Waals surface area contributed by atoms with Crippen molar-refractivity contribution in [1.82, 2.24) is 9.55 Å². The fourth-order valence-corrected chi connectivity index (χ4v) is 1.90. The van der Waals surface area contributed by atoms with Crippen molar-refractivity contribution in [1.29, 1.82) is 0 Å². The second kappa shape index (κ2) is 4.66. The molecule has 2 aromatic rings. The van der Waals surface area contributed by atoms with Gasteiger partial charge in [0, 0.05) is 5.69 Å². The quantitative estimate of drug-likeness (QED) is 0.858. The van der Waals surface area contributed by atoms with E-state index >= 15 is 0 Å². The number of carbonyl (C=O) groups excluding carboxylic acids is 1. The van der Waals surface area contributed by atoms with Crippen LogP contribution in [0.2, 0.25) is 0 Å². The molecule has 1 N–H and O–H groups in total. The first-order valence-corrected chi connectivity index (χ1v) is 6.14. The average molecular weight is 262 g/mol. The fraction of sp³-hybridized carbons (Fsp3) is 0.429. The zero-order chi connectivity index (χ0) is 14.2. The standard InChI is InChI=1S/C14H18N2O3/c1-9-7-11-12(6-5-10(8-17)15-11)16(9)13(18)19-14(2,3)4/h5-7,17H,8H2,1-4H3. The average Bonchev–Trinajstić information content (AvgIpc) is 2.61. The number of pyridine rings is 1. The number of nitrogens with zero attached hydrogens (tertiary/aromatic N) is 2. The highest BCUT2D eigenvalue weighted by Gasteiger charge is 2.21. The van der Waals surface area contributed by atoms with E-state index in [0.717, 1.165) is 5.69 Å². The van der Waals surface area contributed by atoms with E-state index in [1.165, 1.54) is 4.57 Å². The van der Waals surface area contributed by atoms with Crippen molar-refractivity contribution < 1.29 is 14.6 Å². The van der Waals surface area contributed by atoms with Crippen molar-refractivity contribution >= 4 is 17.1 Å². The van der Waals surface area contributed by atoms with Crippen LogP contribution in [0.15, 0.2) is 18.2 Å². The zero-order valence-electron chi connectivity index (χ0n) is 11.6. The molecule has 0 atom stereocenters. The van der Waals surface area contributed by atoms with Crippen LogP contribution in [-0.2, 0) is 11.3 Å². The number of rotatable bonds is 1. The minimum Gasteiger partial charge on any atom is -0.443 e. The van der Waals surface area contributed by atoms with Gasteiger partial charge in [-0.1, -0.05) is 0 Å². The first-order valence-electron chi connectivity index (χ1n) is 6.14. The SMILES string of the molecule is Cc1cc2nc(CO)ccc2n1C(=O)OC(C)(C)C. The van der Waals surface area contributed by atoms with Crippen molar-refractivity contribution in [3.8, 4) is 0 Å². The van der Waals surface area contributed by atoms with Crippen LogP contribution in [-0.4, -0.2) is 26.4 Å². The first-order chi connectivity index (χ1) is 8.81. The number of ether oxygens (including phenoxy) is 1. The van der Waals surface area contributed by atoms with E-state index in [-0.39, 0.29) is 6.61 Å². The Morgan fingerprint density at radius 1 is 1.42 bits per heavy atom. The van der Waals surface area contributed by atoms with Crippen LogP contribution >= 0.6 is 0 Å². The molecule has 0 amide bonds. The van der Waals surface area contributed by atoms with Gasteiger partial charge in [-0.25, -0.2) is 14.3 Å². The van der Waals surface area contributed by atoms with Gasteiger partial charge in [0.05, 0.1) is 23.3 Å². The van der Waals surface area contributed by atoms with Crippen molar-refractivity contribution in [3.63, 3.8) is 0 Å². The highest BCUT2D eigenvalue weighted by molar-refractivity contribution is 5.88. The molecular weight excluding hydrogens is 244 g/mol. The first kappa shape index (κ1) is 13.5. The summed E-state index contributed by atoms with van der Waals surface area (Å²) < 4.78 is 6.87. The molecule has 5 heteroatoms. The van der Waals surface area contributed by atoms with E-state index in [0.29, 0.717) is 16.7 Å². The Hall–Kier alpha value is -1.88. The number of aryl methyl sites for hydroxylation is 1. The highest BCUT2D eigenvalue weighted by atomic mass is 16.6. The van der Waals surface area contributed by atoms with E-state index < -0.39 is 11.7 Å². The molecule has 0 unspecified atom stereocenters. The van der Waals surface area contributed by atoms with Gasteiger partial charge >= 0.3 is 6.09 Å². The summed E-state index contributed by atoms with van der Waals surface area (Å²) in [6.45, 7) is 7.19. The fourth-order valence-electron chi connectivity index (χ4n) is 1.90. The number of fused-ring (bicyclic) bond motifs is 1. The molecule has 0 fully saturated rings. The van der Waals surface area contributed by atoms with E-state index in [2.05, 4.69) is 4.98 Å². The summed E-state index contributed by atoms with van der Waals surface area (Å²) in [5, 5.41) is 9.07. The van der Waals surface area contributed by atoms with Gasteiger partial charge in [-0.05, 0) is 45.9 Å². The minimum absolute atomic E-state index is 0.118. The van der Waals surface area contributed by atoms with Crippen molar-refractivity contribution in [3.05, 3.63) is 29.6 Å². The third kappa shape index (κ3) is 2.76. The number of aromatic nitrogens is 2. The maximum atomic E-state index is 12.2. The van der Waals surface area contributed by atoms with Crippen LogP contribution in [0.1, 0.15) is 32.2 Å². The topological polar surface area (TPSA) is 64.4 Å². The Morgan fingerprint density at radius 2 is 2.11 bits per heavy atom. The van der Waals surface area contributed by atoms with E-state index in [9.17, 15) is 4.79 Å². The molecule has 0 aliphatic rings. The largest absolute Gasteiger partial charge is 0.443 e. The molecule has 0 aliphatic carbocycles. The molecule has 2 aromatic heterocycles. The third-order valence-corrected chi connectivity index (χ3v) is 2.64. The Bertz CT molecular complexity index is 623. The van der Waals surface area contributed by atoms with Gasteiger partial charge in [-0.3, -0.25) is 0 Å². The van der Waals surface area contributed by atoms with Crippen molar-refractivity contribution in [2.45, 2.75) is 39.9 Å². The number of hydrogen-bond donors (Lipinski definition) is 1. The van der Waals surface area contributed by atoms with E-state index in [4.69, 9.17) is 9.84 Å². The Balaban J connectivity index is 2.49. The predicted octanol–water partition coefficient (Wildman–Crippen LogP) is 2.62. The number of carbonyl (C=O) groups is 1. The lowest BCUT2D eigenvalue weighted by atomic mass is 10.2. The van der Waals surface area contributed by atoms with Gasteiger partial charge in [-0.2, -0.15) is 0 Å². The normalized spacial score (nSPS) is 11.8. The molecule has 0 bridgehead atoms. The number of aliphatic hydroxyl groups is 1. The predicted molar refractivity (Wildman–Crippen MR) is 72.0 cm³/mol. The summed E-state index contributed by atoms with van der Waals surface area (Å²) >= 11 is 0. The smallest absolute Gasteiger partial charge is 0.419 e. The molecule has 5 nitrogen and oxygen atoms in total. The molecule has 0 saturated carbocycles. The Morgan fingerprint density at radius 3 is 2.68 bits per heavy atom. The maximum Gasteiger partial charge on any atom is 0.419 e. The van der Waals surface area contributed by atoms with Crippen LogP contribution in [0.3, 0.4) is 0 Å². The van der Waals surface area contributed by atoms with Gasteiger partial charge in [0.1, 0.15) is 5.60 Å². The number of hydrogen-bond acceptors (Lipinski definition) is 4. The summed E-state index contributed by atoms with van der Waals surface area (Å²) in [5.41, 5.74) is 2.15. The molecular formula is C14H18N2O3. The van der Waals surface area contributed by atoms with Gasteiger partial charge in [0.2, 0.25) is 0 Å². The molecule has 0 aromatic carbocycles. The molecule has 102 valence electrons. The lowest BCUT2D eigenvalue weighted by molar-refractivity contribution is 0.0541. The summed E-state index contributed by atoms with van der Waals surface area (Å²) in [7, 11) is 0. The molecule has 0 radical (unpaired) electrons. The van der Waals surface area contributed by atoms with E-state index in [1.54, 1.807) is 18.2 Å². The maximum absolute atomic E-state index is 12.2. The third-order valence-electron chi connectivity index (χ3n) is 2.64. The Labute approximate surface area is 111 Å². The minimum atomic E-state index is -0.543. The Kier molecular flexibility index (Phi) is 3.32. The highest BCUT2D eigenvalue weighted by Crippen LogP contribution is 2.20. The van der Waals surface area contributed by atoms with E-state index in [1.807, 2.05) is 27.7 Å². The van der Waals surface area contributed by atoms with Crippen LogP contribution in [0.25, 0.3) is 11.0 Å². The van der Waals surface area contributed by atoms with Crippen molar-refractivity contribution in [2.75, 3.05) is 0 Å². The molecule has 2 heterocycles. The van der Waals surface area contributed by atoms with Crippen LogP contribution in [0, 0.1) is 6.92 Å². The summed E-state index contributed by atoms with van der Waals surface area (Å²) in [4.78, 5) is 16.4. The second-order valence-electron chi connectivity index (χ2n) is 5.47. The monoisotopic (exact) mass is 262 g/mol.